The number of carbonyl (C=O) groups excluding carboxylic acids is 1. The predicted molar refractivity (Wildman–Crippen MR) is 94.0 cm³/mol. The van der Waals surface area contributed by atoms with Crippen LogP contribution in [0.25, 0.3) is 0 Å². The molecule has 0 bridgehead atoms. The van der Waals surface area contributed by atoms with E-state index < -0.39 is 19.1 Å². The Morgan fingerprint density at radius 3 is 2.54 bits per heavy atom. The van der Waals surface area contributed by atoms with Gasteiger partial charge in [-0.15, -0.1) is 0 Å². The van der Waals surface area contributed by atoms with Gasteiger partial charge in [0.2, 0.25) is 0 Å². The number of hydrogen-bond donors (Lipinski definition) is 2. The van der Waals surface area contributed by atoms with Gasteiger partial charge in [-0.3, -0.25) is 4.79 Å². The number of nitrogens with one attached hydrogen (secondary N) is 1. The molecular formula is C18H19F2N3O3. The molecule has 3 N–H and O–H groups in total. The molecule has 0 spiro atoms. The van der Waals surface area contributed by atoms with E-state index in [1.165, 1.54) is 18.2 Å². The molecule has 0 radical (unpaired) electrons. The molecule has 2 aromatic carbocycles. The minimum Gasteiger partial charge on any atom is -0.433 e. The monoisotopic (exact) mass is 363 g/mol. The highest BCUT2D eigenvalue weighted by Gasteiger charge is 2.11. The van der Waals surface area contributed by atoms with Gasteiger partial charge in [0.05, 0.1) is 5.69 Å². The Balaban J connectivity index is 1.78. The van der Waals surface area contributed by atoms with Crippen LogP contribution in [0.3, 0.4) is 0 Å². The van der Waals surface area contributed by atoms with Gasteiger partial charge >= 0.3 is 6.61 Å². The maximum absolute atomic E-state index is 12.3. The van der Waals surface area contributed by atoms with Gasteiger partial charge < -0.3 is 20.6 Å². The Labute approximate surface area is 149 Å². The fraction of sp³-hybridized carbons (Fsp3) is 0.222. The topological polar surface area (TPSA) is 85.9 Å². The fourth-order valence-corrected chi connectivity index (χ4v) is 2.09. The molecule has 6 nitrogen and oxygen atoms in total. The van der Waals surface area contributed by atoms with Crippen molar-refractivity contribution in [1.29, 1.82) is 0 Å². The van der Waals surface area contributed by atoms with E-state index in [-0.39, 0.29) is 17.3 Å². The summed E-state index contributed by atoms with van der Waals surface area (Å²) < 4.78 is 29.0. The maximum atomic E-state index is 12.3. The summed E-state index contributed by atoms with van der Waals surface area (Å²) in [6.45, 7) is -3.40. The maximum Gasteiger partial charge on any atom is 0.387 e. The van der Waals surface area contributed by atoms with Crippen LogP contribution in [0.2, 0.25) is 0 Å². The fourth-order valence-electron chi connectivity index (χ4n) is 2.09. The Hall–Kier alpha value is -3.16. The molecule has 0 unspecified atom stereocenters. The Kier molecular flexibility index (Phi) is 7.35. The lowest BCUT2D eigenvalue weighted by Gasteiger charge is -2.11. The summed E-state index contributed by atoms with van der Waals surface area (Å²) in [6, 6.07) is 15.6. The van der Waals surface area contributed by atoms with E-state index in [0.29, 0.717) is 12.8 Å². The van der Waals surface area contributed by atoms with Crippen LogP contribution in [0, 0.1) is 0 Å². The van der Waals surface area contributed by atoms with Crippen molar-refractivity contribution < 1.29 is 23.1 Å². The van der Waals surface area contributed by atoms with Crippen molar-refractivity contribution in [3.8, 4) is 5.75 Å². The third-order valence-corrected chi connectivity index (χ3v) is 3.27. The molecule has 8 heteroatoms. The number of ether oxygens (including phenoxy) is 1. The van der Waals surface area contributed by atoms with Crippen LogP contribution < -0.4 is 15.8 Å². The zero-order chi connectivity index (χ0) is 18.8. The van der Waals surface area contributed by atoms with E-state index in [1.54, 1.807) is 6.07 Å². The number of nitrogens with two attached hydrogens (primary N) is 1. The number of carbonyl (C=O) groups is 1. The van der Waals surface area contributed by atoms with Crippen LogP contribution in [-0.2, 0) is 16.1 Å². The van der Waals surface area contributed by atoms with E-state index in [9.17, 15) is 13.6 Å². The number of rotatable bonds is 9. The number of anilines is 1. The third-order valence-electron chi connectivity index (χ3n) is 3.27. The number of para-hydroxylation sites is 2. The highest BCUT2D eigenvalue weighted by atomic mass is 19.3. The van der Waals surface area contributed by atoms with Crippen LogP contribution in [0.1, 0.15) is 12.0 Å². The summed E-state index contributed by atoms with van der Waals surface area (Å²) in [7, 11) is 0. The van der Waals surface area contributed by atoms with Gasteiger partial charge in [0.25, 0.3) is 5.91 Å². The van der Waals surface area contributed by atoms with Crippen molar-refractivity contribution in [2.45, 2.75) is 19.5 Å². The zero-order valence-corrected chi connectivity index (χ0v) is 13.9. The molecule has 26 heavy (non-hydrogen) atoms. The number of oxime groups is 1. The molecule has 0 aromatic heterocycles. The van der Waals surface area contributed by atoms with Crippen molar-refractivity contribution >= 4 is 17.4 Å². The van der Waals surface area contributed by atoms with Gasteiger partial charge in [-0.2, -0.15) is 8.78 Å². The summed E-state index contributed by atoms with van der Waals surface area (Å²) >= 11 is 0. The molecule has 0 atom stereocenters. The number of benzene rings is 2. The molecule has 0 aliphatic carbocycles. The zero-order valence-electron chi connectivity index (χ0n) is 13.9. The van der Waals surface area contributed by atoms with Crippen molar-refractivity contribution in [3.63, 3.8) is 0 Å². The molecule has 2 aromatic rings. The average Bonchev–Trinajstić information content (AvgIpc) is 2.62. The van der Waals surface area contributed by atoms with Crippen molar-refractivity contribution in [2.75, 3.05) is 11.9 Å². The molecule has 0 fully saturated rings. The third kappa shape index (κ3) is 6.76. The van der Waals surface area contributed by atoms with E-state index in [1.807, 2.05) is 30.3 Å². The number of halogens is 2. The minimum atomic E-state index is -2.99. The molecule has 0 heterocycles. The number of amidine groups is 1. The largest absolute Gasteiger partial charge is 0.433 e. The van der Waals surface area contributed by atoms with Gasteiger partial charge in [0.15, 0.2) is 6.61 Å². The summed E-state index contributed by atoms with van der Waals surface area (Å²) in [4.78, 5) is 16.7. The van der Waals surface area contributed by atoms with Crippen molar-refractivity contribution in [1.82, 2.24) is 0 Å². The summed E-state index contributed by atoms with van der Waals surface area (Å²) in [5.74, 6) is -0.459. The van der Waals surface area contributed by atoms with Gasteiger partial charge in [-0.25, -0.2) is 0 Å². The highest BCUT2D eigenvalue weighted by Crippen LogP contribution is 2.25. The first kappa shape index (κ1) is 19.2. The van der Waals surface area contributed by atoms with Crippen LogP contribution in [0.4, 0.5) is 14.5 Å². The Morgan fingerprint density at radius 2 is 1.81 bits per heavy atom. The first-order valence-electron chi connectivity index (χ1n) is 7.86. The second-order valence-corrected chi connectivity index (χ2v) is 5.26. The van der Waals surface area contributed by atoms with Gasteiger partial charge in [-0.1, -0.05) is 47.6 Å². The summed E-state index contributed by atoms with van der Waals surface area (Å²) in [5, 5.41) is 6.09. The number of alkyl halides is 2. The molecule has 1 amide bonds. The molecule has 2 rings (SSSR count). The van der Waals surface area contributed by atoms with E-state index in [0.717, 1.165) is 5.56 Å². The van der Waals surface area contributed by atoms with Crippen LogP contribution >= 0.6 is 0 Å². The Morgan fingerprint density at radius 1 is 1.12 bits per heavy atom. The van der Waals surface area contributed by atoms with Crippen LogP contribution in [0.5, 0.6) is 5.75 Å². The number of amides is 1. The lowest BCUT2D eigenvalue weighted by atomic mass is 10.1. The first-order chi connectivity index (χ1) is 12.5. The van der Waals surface area contributed by atoms with Gasteiger partial charge in [0.1, 0.15) is 11.6 Å². The summed E-state index contributed by atoms with van der Waals surface area (Å²) in [6.07, 6.45) is 1.18. The number of hydrogen-bond acceptors (Lipinski definition) is 4. The van der Waals surface area contributed by atoms with Crippen LogP contribution in [-0.4, -0.2) is 25.0 Å². The Bertz CT molecular complexity index is 739. The van der Waals surface area contributed by atoms with E-state index in [2.05, 4.69) is 15.2 Å². The van der Waals surface area contributed by atoms with Gasteiger partial charge in [0, 0.05) is 6.42 Å². The molecule has 0 aliphatic heterocycles. The second-order valence-electron chi connectivity index (χ2n) is 5.26. The SMILES string of the molecule is N/C(CCc1ccccc1)=N\OCC(=O)Nc1ccccc1OC(F)F. The molecule has 0 aliphatic rings. The molecule has 0 saturated carbocycles. The number of nitrogens with zero attached hydrogens (tertiary/aromatic N) is 1. The summed E-state index contributed by atoms with van der Waals surface area (Å²) in [5.41, 5.74) is 6.95. The average molecular weight is 363 g/mol. The van der Waals surface area contributed by atoms with Gasteiger partial charge in [-0.05, 0) is 24.1 Å². The van der Waals surface area contributed by atoms with Crippen molar-refractivity contribution in [2.24, 2.45) is 10.9 Å². The lowest BCUT2D eigenvalue weighted by molar-refractivity contribution is -0.120. The second kappa shape index (κ2) is 9.97. The lowest BCUT2D eigenvalue weighted by Crippen LogP contribution is -2.20. The molecule has 138 valence electrons. The smallest absolute Gasteiger partial charge is 0.387 e. The van der Waals surface area contributed by atoms with Crippen LogP contribution in [0.15, 0.2) is 59.8 Å². The quantitative estimate of drug-likeness (QED) is 0.407. The normalized spacial score (nSPS) is 11.3. The highest BCUT2D eigenvalue weighted by molar-refractivity contribution is 5.93. The van der Waals surface area contributed by atoms with E-state index in [4.69, 9.17) is 10.6 Å². The standard InChI is InChI=1S/C18H19F2N3O3/c19-18(20)26-15-9-5-4-8-14(15)22-17(24)12-25-23-16(21)11-10-13-6-2-1-3-7-13/h1-9,18H,10-12H2,(H2,21,23)(H,22,24). The first-order valence-corrected chi connectivity index (χ1v) is 7.86. The van der Waals surface area contributed by atoms with E-state index >= 15 is 0 Å². The van der Waals surface area contributed by atoms with Crippen molar-refractivity contribution in [3.05, 3.63) is 60.2 Å². The number of aryl methyl sites for hydroxylation is 1. The molecular weight excluding hydrogens is 344 g/mol. The minimum absolute atomic E-state index is 0.113. The molecule has 0 saturated heterocycles. The predicted octanol–water partition coefficient (Wildman–Crippen LogP) is 3.15.